The molecule has 0 saturated carbocycles. The lowest BCUT2D eigenvalue weighted by Crippen LogP contribution is -2.43. The predicted octanol–water partition coefficient (Wildman–Crippen LogP) is 2.12. The number of piperidine rings is 1. The predicted molar refractivity (Wildman–Crippen MR) is 117 cm³/mol. The maximum Gasteiger partial charge on any atom is 0.229 e. The molecule has 1 saturated heterocycles. The number of amides is 2. The standard InChI is InChI=1S/C19H28N4O3.HI/c1-3-20-19(21-12-13-23-17(24)10-7-11-18(23)25)22(2)14-15-26-16-8-5-4-6-9-16;/h4-6,8-9H,3,7,10-15H2,1-2H3,(H,20,21);1H. The van der Waals surface area contributed by atoms with E-state index in [1.165, 1.54) is 4.90 Å². The molecule has 7 nitrogen and oxygen atoms in total. The van der Waals surface area contributed by atoms with Crippen LogP contribution in [0.5, 0.6) is 5.75 Å². The van der Waals surface area contributed by atoms with Crippen LogP contribution in [0, 0.1) is 0 Å². The van der Waals surface area contributed by atoms with Crippen LogP contribution >= 0.6 is 24.0 Å². The number of carbonyl (C=O) groups excluding carboxylic acids is 2. The number of guanidine groups is 1. The number of rotatable bonds is 8. The Bertz CT molecular complexity index is 609. The van der Waals surface area contributed by atoms with Crippen molar-refractivity contribution in [2.45, 2.75) is 26.2 Å². The number of likely N-dealkylation sites (N-methyl/N-ethyl adjacent to an activating group) is 1. The molecule has 0 spiro atoms. The van der Waals surface area contributed by atoms with Gasteiger partial charge in [-0.05, 0) is 25.5 Å². The molecule has 1 aromatic carbocycles. The van der Waals surface area contributed by atoms with Crippen molar-refractivity contribution in [3.05, 3.63) is 30.3 Å². The molecule has 1 heterocycles. The summed E-state index contributed by atoms with van der Waals surface area (Å²) in [5.41, 5.74) is 0. The highest BCUT2D eigenvalue weighted by Crippen LogP contribution is 2.11. The van der Waals surface area contributed by atoms with Crippen LogP contribution in [0.2, 0.25) is 0 Å². The molecule has 27 heavy (non-hydrogen) atoms. The number of ether oxygens (including phenoxy) is 1. The van der Waals surface area contributed by atoms with Crippen molar-refractivity contribution in [1.29, 1.82) is 0 Å². The minimum atomic E-state index is -0.0916. The second-order valence-electron chi connectivity index (χ2n) is 6.11. The van der Waals surface area contributed by atoms with E-state index in [-0.39, 0.29) is 35.8 Å². The van der Waals surface area contributed by atoms with Gasteiger partial charge in [0.15, 0.2) is 5.96 Å². The van der Waals surface area contributed by atoms with Gasteiger partial charge in [0.05, 0.1) is 13.1 Å². The van der Waals surface area contributed by atoms with Crippen LogP contribution in [0.3, 0.4) is 0 Å². The first-order chi connectivity index (χ1) is 12.6. The lowest BCUT2D eigenvalue weighted by Gasteiger charge is -2.25. The van der Waals surface area contributed by atoms with Gasteiger partial charge in [-0.2, -0.15) is 0 Å². The van der Waals surface area contributed by atoms with Crippen LogP contribution in [0.15, 0.2) is 35.3 Å². The first kappa shape index (κ1) is 23.2. The summed E-state index contributed by atoms with van der Waals surface area (Å²) < 4.78 is 5.71. The van der Waals surface area contributed by atoms with Crippen molar-refractivity contribution in [2.24, 2.45) is 4.99 Å². The number of aliphatic imine (C=N–C) groups is 1. The summed E-state index contributed by atoms with van der Waals surface area (Å²) in [5.74, 6) is 1.39. The number of para-hydroxylation sites is 1. The van der Waals surface area contributed by atoms with Gasteiger partial charge in [0.25, 0.3) is 0 Å². The number of benzene rings is 1. The molecule has 1 aliphatic heterocycles. The van der Waals surface area contributed by atoms with Gasteiger partial charge >= 0.3 is 0 Å². The molecule has 0 bridgehead atoms. The number of imide groups is 1. The van der Waals surface area contributed by atoms with Crippen molar-refractivity contribution in [3.8, 4) is 5.75 Å². The fourth-order valence-corrected chi connectivity index (χ4v) is 2.70. The van der Waals surface area contributed by atoms with Crippen molar-refractivity contribution in [1.82, 2.24) is 15.1 Å². The normalized spacial score (nSPS) is 14.6. The molecule has 150 valence electrons. The molecule has 2 amide bonds. The summed E-state index contributed by atoms with van der Waals surface area (Å²) in [6, 6.07) is 9.67. The summed E-state index contributed by atoms with van der Waals surface area (Å²) in [4.78, 5) is 31.5. The van der Waals surface area contributed by atoms with Crippen LogP contribution in [-0.2, 0) is 9.59 Å². The highest BCUT2D eigenvalue weighted by atomic mass is 127. The first-order valence-corrected chi connectivity index (χ1v) is 9.12. The number of nitrogens with one attached hydrogen (secondary N) is 1. The number of hydrogen-bond acceptors (Lipinski definition) is 4. The Morgan fingerprint density at radius 2 is 1.89 bits per heavy atom. The van der Waals surface area contributed by atoms with Crippen LogP contribution in [0.1, 0.15) is 26.2 Å². The van der Waals surface area contributed by atoms with Crippen molar-refractivity contribution in [2.75, 3.05) is 39.8 Å². The van der Waals surface area contributed by atoms with Crippen LogP contribution in [0.25, 0.3) is 0 Å². The van der Waals surface area contributed by atoms with E-state index in [0.717, 1.165) is 18.3 Å². The number of hydrogen-bond donors (Lipinski definition) is 1. The fraction of sp³-hybridized carbons (Fsp3) is 0.526. The van der Waals surface area contributed by atoms with Gasteiger partial charge in [0, 0.05) is 33.0 Å². The molecule has 1 fully saturated rings. The number of halogens is 1. The fourth-order valence-electron chi connectivity index (χ4n) is 2.70. The lowest BCUT2D eigenvalue weighted by atomic mass is 10.1. The summed E-state index contributed by atoms with van der Waals surface area (Å²) in [6.45, 7) is 4.67. The minimum Gasteiger partial charge on any atom is -0.492 e. The van der Waals surface area contributed by atoms with Crippen molar-refractivity contribution in [3.63, 3.8) is 0 Å². The van der Waals surface area contributed by atoms with E-state index in [9.17, 15) is 9.59 Å². The van der Waals surface area contributed by atoms with Crippen molar-refractivity contribution >= 4 is 41.8 Å². The van der Waals surface area contributed by atoms with Crippen LogP contribution in [-0.4, -0.2) is 67.4 Å². The second-order valence-corrected chi connectivity index (χ2v) is 6.11. The summed E-state index contributed by atoms with van der Waals surface area (Å²) in [5, 5.41) is 3.22. The Hall–Kier alpha value is -1.84. The van der Waals surface area contributed by atoms with E-state index < -0.39 is 0 Å². The van der Waals surface area contributed by atoms with Gasteiger partial charge in [0.1, 0.15) is 12.4 Å². The van der Waals surface area contributed by atoms with E-state index in [2.05, 4.69) is 10.3 Å². The van der Waals surface area contributed by atoms with Gasteiger partial charge in [-0.3, -0.25) is 19.5 Å². The Morgan fingerprint density at radius 1 is 1.22 bits per heavy atom. The van der Waals surface area contributed by atoms with E-state index >= 15 is 0 Å². The molecule has 1 aromatic rings. The average molecular weight is 488 g/mol. The minimum absolute atomic E-state index is 0. The Balaban J connectivity index is 0.00000364. The van der Waals surface area contributed by atoms with Gasteiger partial charge in [-0.25, -0.2) is 0 Å². The summed E-state index contributed by atoms with van der Waals surface area (Å²) in [6.07, 6.45) is 1.56. The third-order valence-electron chi connectivity index (χ3n) is 4.10. The molecular weight excluding hydrogens is 459 g/mol. The molecule has 2 rings (SSSR count). The number of carbonyl (C=O) groups is 2. The molecule has 1 aliphatic rings. The SMILES string of the molecule is CCNC(=NCCN1C(=O)CCCC1=O)N(C)CCOc1ccccc1.I. The largest absolute Gasteiger partial charge is 0.492 e. The topological polar surface area (TPSA) is 74.2 Å². The van der Waals surface area contributed by atoms with E-state index in [4.69, 9.17) is 4.74 Å². The zero-order valence-corrected chi connectivity index (χ0v) is 18.3. The second kappa shape index (κ2) is 12.5. The Morgan fingerprint density at radius 3 is 2.52 bits per heavy atom. The van der Waals surface area contributed by atoms with Gasteiger partial charge < -0.3 is 15.0 Å². The molecule has 0 radical (unpaired) electrons. The molecule has 0 aromatic heterocycles. The maximum absolute atomic E-state index is 11.8. The van der Waals surface area contributed by atoms with E-state index in [1.807, 2.05) is 49.2 Å². The first-order valence-electron chi connectivity index (χ1n) is 9.12. The third kappa shape index (κ3) is 7.74. The molecule has 1 N–H and O–H groups in total. The average Bonchev–Trinajstić information content (AvgIpc) is 2.64. The zero-order valence-electron chi connectivity index (χ0n) is 16.0. The van der Waals surface area contributed by atoms with Gasteiger partial charge in [-0.1, -0.05) is 18.2 Å². The van der Waals surface area contributed by atoms with Gasteiger partial charge in [-0.15, -0.1) is 24.0 Å². The monoisotopic (exact) mass is 488 g/mol. The van der Waals surface area contributed by atoms with E-state index in [1.54, 1.807) is 0 Å². The molecule has 8 heteroatoms. The number of nitrogens with zero attached hydrogens (tertiary/aromatic N) is 3. The quantitative estimate of drug-likeness (QED) is 0.263. The summed E-state index contributed by atoms with van der Waals surface area (Å²) >= 11 is 0. The third-order valence-corrected chi connectivity index (χ3v) is 4.10. The number of likely N-dealkylation sites (tertiary alicyclic amines) is 1. The zero-order chi connectivity index (χ0) is 18.8. The van der Waals surface area contributed by atoms with E-state index in [0.29, 0.717) is 45.5 Å². The highest BCUT2D eigenvalue weighted by molar-refractivity contribution is 14.0. The molecule has 0 atom stereocenters. The van der Waals surface area contributed by atoms with Crippen molar-refractivity contribution < 1.29 is 14.3 Å². The molecule has 0 aliphatic carbocycles. The molecule has 0 unspecified atom stereocenters. The highest BCUT2D eigenvalue weighted by Gasteiger charge is 2.25. The molecular formula is C19H29IN4O3. The maximum atomic E-state index is 11.8. The Labute approximate surface area is 178 Å². The smallest absolute Gasteiger partial charge is 0.229 e. The summed E-state index contributed by atoms with van der Waals surface area (Å²) in [7, 11) is 1.94. The lowest BCUT2D eigenvalue weighted by molar-refractivity contribution is -0.147. The van der Waals surface area contributed by atoms with Crippen LogP contribution < -0.4 is 10.1 Å². The Kier molecular flexibility index (Phi) is 10.8. The van der Waals surface area contributed by atoms with Gasteiger partial charge in [0.2, 0.25) is 11.8 Å². The van der Waals surface area contributed by atoms with Crippen LogP contribution in [0.4, 0.5) is 0 Å².